The van der Waals surface area contributed by atoms with Crippen molar-refractivity contribution in [3.8, 4) is 5.75 Å². The summed E-state index contributed by atoms with van der Waals surface area (Å²) in [4.78, 5) is 4.88. The molecule has 5 heteroatoms. The molecule has 2 rings (SSSR count). The van der Waals surface area contributed by atoms with Crippen LogP contribution in [0.15, 0.2) is 24.3 Å². The Bertz CT molecular complexity index is 368. The van der Waals surface area contributed by atoms with Crippen molar-refractivity contribution in [1.82, 2.24) is 4.90 Å². The summed E-state index contributed by atoms with van der Waals surface area (Å²) in [5.41, 5.74) is 1.21. The van der Waals surface area contributed by atoms with Gasteiger partial charge in [0.05, 0.1) is 12.8 Å². The highest BCUT2D eigenvalue weighted by Gasteiger charge is 2.18. The predicted octanol–water partition coefficient (Wildman–Crippen LogP) is 2.87. The molecule has 0 aliphatic carbocycles. The zero-order valence-electron chi connectivity index (χ0n) is 11.3. The van der Waals surface area contributed by atoms with Gasteiger partial charge in [-0.15, -0.1) is 24.0 Å². The van der Waals surface area contributed by atoms with Crippen molar-refractivity contribution in [2.75, 3.05) is 50.6 Å². The van der Waals surface area contributed by atoms with Gasteiger partial charge in [-0.1, -0.05) is 12.1 Å². The predicted molar refractivity (Wildman–Crippen MR) is 84.2 cm³/mol. The first-order valence-electron chi connectivity index (χ1n) is 6.51. The van der Waals surface area contributed by atoms with Crippen LogP contribution in [0.25, 0.3) is 0 Å². The summed E-state index contributed by atoms with van der Waals surface area (Å²) < 4.78 is 5.42. The van der Waals surface area contributed by atoms with E-state index in [9.17, 15) is 0 Å². The van der Waals surface area contributed by atoms with Gasteiger partial charge in [0.2, 0.25) is 0 Å². The van der Waals surface area contributed by atoms with Crippen LogP contribution < -0.4 is 9.64 Å². The lowest BCUT2D eigenvalue weighted by Gasteiger charge is -2.36. The molecule has 108 valence electrons. The summed E-state index contributed by atoms with van der Waals surface area (Å²) >= 11 is 5.73. The van der Waals surface area contributed by atoms with Gasteiger partial charge in [-0.2, -0.15) is 0 Å². The van der Waals surface area contributed by atoms with Crippen LogP contribution in [0.5, 0.6) is 5.75 Å². The Hall–Kier alpha value is -0.640. The number of benzene rings is 1. The topological polar surface area (TPSA) is 15.7 Å². The fourth-order valence-electron chi connectivity index (χ4n) is 2.39. The third-order valence-corrected chi connectivity index (χ3v) is 3.67. The molecule has 1 aliphatic rings. The minimum absolute atomic E-state index is 0. The molecule has 0 aromatic heterocycles. The summed E-state index contributed by atoms with van der Waals surface area (Å²) in [6.07, 6.45) is 1.08. The van der Waals surface area contributed by atoms with Crippen molar-refractivity contribution >= 4 is 29.7 Å². The van der Waals surface area contributed by atoms with E-state index in [1.807, 2.05) is 12.1 Å². The Morgan fingerprint density at radius 1 is 1.16 bits per heavy atom. The van der Waals surface area contributed by atoms with Crippen LogP contribution in [-0.2, 0) is 0 Å². The highest BCUT2D eigenvalue weighted by molar-refractivity contribution is 6.17. The number of nitrogens with zero attached hydrogens (tertiary/aromatic N) is 2. The van der Waals surface area contributed by atoms with Crippen LogP contribution in [-0.4, -0.2) is 50.6 Å². The van der Waals surface area contributed by atoms with E-state index in [-0.39, 0.29) is 12.4 Å². The van der Waals surface area contributed by atoms with E-state index < -0.39 is 0 Å². The van der Waals surface area contributed by atoms with Gasteiger partial charge in [0.15, 0.2) is 0 Å². The van der Waals surface area contributed by atoms with Crippen molar-refractivity contribution in [3.05, 3.63) is 24.3 Å². The van der Waals surface area contributed by atoms with Gasteiger partial charge >= 0.3 is 0 Å². The van der Waals surface area contributed by atoms with Crippen molar-refractivity contribution < 1.29 is 4.74 Å². The normalized spacial score (nSPS) is 16.0. The van der Waals surface area contributed by atoms with Gasteiger partial charge in [-0.25, -0.2) is 0 Å². The third kappa shape index (κ3) is 4.44. The van der Waals surface area contributed by atoms with Crippen molar-refractivity contribution in [2.24, 2.45) is 0 Å². The minimum Gasteiger partial charge on any atom is -0.495 e. The highest BCUT2D eigenvalue weighted by Crippen LogP contribution is 2.28. The van der Waals surface area contributed by atoms with E-state index in [1.165, 1.54) is 5.69 Å². The maximum absolute atomic E-state index is 5.73. The van der Waals surface area contributed by atoms with Crippen LogP contribution in [0.4, 0.5) is 5.69 Å². The number of alkyl halides is 1. The number of halogens is 2. The second kappa shape index (κ2) is 8.51. The van der Waals surface area contributed by atoms with E-state index in [2.05, 4.69) is 21.9 Å². The monoisotopic (exact) mass is 304 g/mol. The molecule has 0 N–H and O–H groups in total. The maximum Gasteiger partial charge on any atom is 0.142 e. The first-order chi connectivity index (χ1) is 8.85. The first kappa shape index (κ1) is 16.4. The molecule has 0 bridgehead atoms. The molecule has 0 saturated carbocycles. The van der Waals surface area contributed by atoms with E-state index in [0.29, 0.717) is 0 Å². The molecule has 0 spiro atoms. The molecule has 0 amide bonds. The number of piperazine rings is 1. The largest absolute Gasteiger partial charge is 0.495 e. The molecule has 1 heterocycles. The van der Waals surface area contributed by atoms with Gasteiger partial charge in [0.25, 0.3) is 0 Å². The lowest BCUT2D eigenvalue weighted by molar-refractivity contribution is 0.258. The number of para-hydroxylation sites is 2. The highest BCUT2D eigenvalue weighted by atomic mass is 35.5. The summed E-state index contributed by atoms with van der Waals surface area (Å²) in [5.74, 6) is 1.72. The Morgan fingerprint density at radius 2 is 1.84 bits per heavy atom. The fourth-order valence-corrected chi connectivity index (χ4v) is 2.51. The zero-order valence-corrected chi connectivity index (χ0v) is 12.9. The Labute approximate surface area is 126 Å². The van der Waals surface area contributed by atoms with Crippen LogP contribution >= 0.6 is 24.0 Å². The molecule has 1 aromatic carbocycles. The standard InChI is InChI=1S/C14H21ClN2O.ClH/c1-18-14-6-3-2-5-13(14)17-11-9-16(10-12-17)8-4-7-15;/h2-3,5-6H,4,7-12H2,1H3;1H. The van der Waals surface area contributed by atoms with Crippen LogP contribution in [0, 0.1) is 0 Å². The number of anilines is 1. The average Bonchev–Trinajstić information content (AvgIpc) is 2.45. The summed E-state index contributed by atoms with van der Waals surface area (Å²) in [5, 5.41) is 0. The van der Waals surface area contributed by atoms with Crippen molar-refractivity contribution in [2.45, 2.75) is 6.42 Å². The molecule has 1 aliphatic heterocycles. The number of hydrogen-bond donors (Lipinski definition) is 0. The third-order valence-electron chi connectivity index (χ3n) is 3.41. The second-order valence-corrected chi connectivity index (χ2v) is 4.92. The van der Waals surface area contributed by atoms with Gasteiger partial charge in [-0.05, 0) is 25.1 Å². The summed E-state index contributed by atoms with van der Waals surface area (Å²) in [7, 11) is 1.73. The van der Waals surface area contributed by atoms with Crippen LogP contribution in [0.1, 0.15) is 6.42 Å². The molecule has 1 saturated heterocycles. The molecule has 0 atom stereocenters. The summed E-state index contributed by atoms with van der Waals surface area (Å²) in [6, 6.07) is 8.24. The molecule has 0 unspecified atom stereocenters. The van der Waals surface area contributed by atoms with Gasteiger partial charge in [0, 0.05) is 32.1 Å². The summed E-state index contributed by atoms with van der Waals surface area (Å²) in [6.45, 7) is 5.44. The SMILES string of the molecule is COc1ccccc1N1CCN(CCCCl)CC1.Cl. The van der Waals surface area contributed by atoms with Crippen LogP contribution in [0.2, 0.25) is 0 Å². The van der Waals surface area contributed by atoms with Gasteiger partial charge < -0.3 is 9.64 Å². The minimum atomic E-state index is 0. The lowest BCUT2D eigenvalue weighted by Crippen LogP contribution is -2.46. The second-order valence-electron chi connectivity index (χ2n) is 4.54. The first-order valence-corrected chi connectivity index (χ1v) is 7.05. The maximum atomic E-state index is 5.73. The Morgan fingerprint density at radius 3 is 2.47 bits per heavy atom. The number of rotatable bonds is 5. The van der Waals surface area contributed by atoms with E-state index in [1.54, 1.807) is 7.11 Å². The number of ether oxygens (including phenoxy) is 1. The van der Waals surface area contributed by atoms with Crippen molar-refractivity contribution in [1.29, 1.82) is 0 Å². The van der Waals surface area contributed by atoms with E-state index in [4.69, 9.17) is 16.3 Å². The number of hydrogen-bond acceptors (Lipinski definition) is 3. The zero-order chi connectivity index (χ0) is 12.8. The number of methoxy groups -OCH3 is 1. The average molecular weight is 305 g/mol. The smallest absolute Gasteiger partial charge is 0.142 e. The molecule has 1 fully saturated rings. The molecular formula is C14H22Cl2N2O. The molecule has 3 nitrogen and oxygen atoms in total. The van der Waals surface area contributed by atoms with Gasteiger partial charge in [0.1, 0.15) is 5.75 Å². The quantitative estimate of drug-likeness (QED) is 0.778. The Balaban J connectivity index is 0.00000180. The van der Waals surface area contributed by atoms with Gasteiger partial charge in [-0.3, -0.25) is 4.90 Å². The molecule has 19 heavy (non-hydrogen) atoms. The molecular weight excluding hydrogens is 283 g/mol. The van der Waals surface area contributed by atoms with E-state index in [0.717, 1.165) is 50.8 Å². The molecule has 1 aromatic rings. The fraction of sp³-hybridized carbons (Fsp3) is 0.571. The van der Waals surface area contributed by atoms with Crippen molar-refractivity contribution in [3.63, 3.8) is 0 Å². The Kier molecular flexibility index (Phi) is 7.36. The van der Waals surface area contributed by atoms with Crippen LogP contribution in [0.3, 0.4) is 0 Å². The molecule has 0 radical (unpaired) electrons. The van der Waals surface area contributed by atoms with E-state index >= 15 is 0 Å². The lowest BCUT2D eigenvalue weighted by atomic mass is 10.2.